The van der Waals surface area contributed by atoms with Crippen LogP contribution in [0.3, 0.4) is 0 Å². The van der Waals surface area contributed by atoms with Crippen LogP contribution in [0.2, 0.25) is 0 Å². The summed E-state index contributed by atoms with van der Waals surface area (Å²) >= 11 is -3.99. The Kier molecular flexibility index (Phi) is 22.0. The Morgan fingerprint density at radius 2 is 0.710 bits per heavy atom. The fourth-order valence-corrected chi connectivity index (χ4v) is 6.96. The van der Waals surface area contributed by atoms with Crippen molar-refractivity contribution < 1.29 is 22.4 Å². The molecule has 0 aromatic carbocycles. The van der Waals surface area contributed by atoms with Gasteiger partial charge in [-0.05, 0) is 0 Å². The molecule has 0 saturated heterocycles. The fraction of sp³-hybridized carbons (Fsp3) is 0.875. The average molecular weight is 637 g/mol. The van der Waals surface area contributed by atoms with Crippen LogP contribution >= 0.6 is 0 Å². The van der Waals surface area contributed by atoms with Gasteiger partial charge < -0.3 is 0 Å². The normalized spacial score (nSPS) is 10.8. The second kappa shape index (κ2) is 22.5. The van der Waals surface area contributed by atoms with Crippen LogP contribution in [0.15, 0.2) is 0 Å². The first-order valence-corrected chi connectivity index (χ1v) is 17.3. The molecule has 31 heavy (non-hydrogen) atoms. The monoisotopic (exact) mass is 637 g/mol. The first-order chi connectivity index (χ1) is 15.0. The number of rotatable bonds is 21. The molecule has 7 heteroatoms. The number of unbranched alkanes of at least 4 members (excludes halogenated alkanes) is 12. The van der Waals surface area contributed by atoms with E-state index in [1.165, 1.54) is 0 Å². The van der Waals surface area contributed by atoms with Gasteiger partial charge in [-0.25, -0.2) is 0 Å². The predicted molar refractivity (Wildman–Crippen MR) is 124 cm³/mol. The first-order valence-electron chi connectivity index (χ1n) is 12.5. The summed E-state index contributed by atoms with van der Waals surface area (Å²) in [6, 6.07) is 0. The standard InChI is InChI=1S/3C8H16O2.Pb/c3*1-2-3-4-5-6-7-8(9)10;/h3*2-7H2,1H3,(H,9,10);/q;;;+3/p-3. The summed E-state index contributed by atoms with van der Waals surface area (Å²) in [5, 5.41) is 0. The molecule has 1 radical (unpaired) electrons. The first kappa shape index (κ1) is 30.3. The van der Waals surface area contributed by atoms with Gasteiger partial charge in [0.1, 0.15) is 0 Å². The van der Waals surface area contributed by atoms with E-state index in [2.05, 4.69) is 20.8 Å². The van der Waals surface area contributed by atoms with Crippen LogP contribution in [-0.2, 0) is 22.4 Å². The van der Waals surface area contributed by atoms with E-state index >= 15 is 0 Å². The van der Waals surface area contributed by atoms with Gasteiger partial charge in [-0.3, -0.25) is 0 Å². The van der Waals surface area contributed by atoms with Crippen molar-refractivity contribution in [2.75, 3.05) is 0 Å². The van der Waals surface area contributed by atoms with Gasteiger partial charge in [0.15, 0.2) is 0 Å². The number of carbonyl (C=O) groups excluding carboxylic acids is 3. The Bertz CT molecular complexity index is 402. The van der Waals surface area contributed by atoms with E-state index in [1.54, 1.807) is 0 Å². The zero-order valence-corrected chi connectivity index (χ0v) is 24.1. The summed E-state index contributed by atoms with van der Waals surface area (Å²) in [4.78, 5) is 36.5. The van der Waals surface area contributed by atoms with Crippen LogP contribution in [0.1, 0.15) is 136 Å². The van der Waals surface area contributed by atoms with Gasteiger partial charge in [0.05, 0.1) is 0 Å². The summed E-state index contributed by atoms with van der Waals surface area (Å²) in [5.41, 5.74) is 0. The van der Waals surface area contributed by atoms with Crippen molar-refractivity contribution in [3.05, 3.63) is 0 Å². The topological polar surface area (TPSA) is 78.9 Å². The van der Waals surface area contributed by atoms with E-state index in [0.717, 1.165) is 96.3 Å². The molecule has 0 aromatic rings. The quantitative estimate of drug-likeness (QED) is 0.103. The molecule has 0 N–H and O–H groups in total. The second-order valence-electron chi connectivity index (χ2n) is 8.16. The van der Waals surface area contributed by atoms with Crippen LogP contribution in [0.25, 0.3) is 0 Å². The third-order valence-corrected chi connectivity index (χ3v) is 9.64. The van der Waals surface area contributed by atoms with Crippen LogP contribution in [-0.4, -0.2) is 42.0 Å². The number of hydrogen-bond donors (Lipinski definition) is 0. The third-order valence-electron chi connectivity index (χ3n) is 5.04. The van der Waals surface area contributed by atoms with Crippen LogP contribution < -0.4 is 0 Å². The SMILES string of the molecule is CCCCCCCC(=O)[O][Pb]([O]C(=O)CCCCCCC)[O]C(=O)CCCCCCC. The zero-order valence-electron chi connectivity index (χ0n) is 20.2. The summed E-state index contributed by atoms with van der Waals surface area (Å²) in [6.07, 6.45) is 16.2. The fourth-order valence-electron chi connectivity index (χ4n) is 3.11. The van der Waals surface area contributed by atoms with Crippen LogP contribution in [0.4, 0.5) is 0 Å². The molecule has 0 aliphatic heterocycles. The Labute approximate surface area is 200 Å². The van der Waals surface area contributed by atoms with E-state index in [4.69, 9.17) is 8.06 Å². The van der Waals surface area contributed by atoms with Crippen LogP contribution in [0, 0.1) is 0 Å². The molecule has 0 unspecified atom stereocenters. The molecular formula is C24H45O6Pb. The third kappa shape index (κ3) is 21.0. The van der Waals surface area contributed by atoms with Gasteiger partial charge in [0.25, 0.3) is 0 Å². The zero-order chi connectivity index (χ0) is 23.2. The summed E-state index contributed by atoms with van der Waals surface area (Å²) in [5.74, 6) is -1.24. The minimum atomic E-state index is -3.99. The van der Waals surface area contributed by atoms with E-state index in [0.29, 0.717) is 0 Å². The maximum atomic E-state index is 12.2. The maximum absolute atomic E-state index is 12.2. The average Bonchev–Trinajstić information content (AvgIpc) is 2.73. The Balaban J connectivity index is 4.43. The van der Waals surface area contributed by atoms with Crippen molar-refractivity contribution >= 4 is 42.0 Å². The van der Waals surface area contributed by atoms with E-state index in [1.807, 2.05) is 0 Å². The molecule has 0 spiro atoms. The summed E-state index contributed by atoms with van der Waals surface area (Å²) < 4.78 is 16.1. The molecule has 0 bridgehead atoms. The second-order valence-corrected chi connectivity index (χ2v) is 12.5. The molecule has 0 aliphatic rings. The van der Waals surface area contributed by atoms with Gasteiger partial charge in [0.2, 0.25) is 0 Å². The van der Waals surface area contributed by atoms with Gasteiger partial charge in [-0.2, -0.15) is 0 Å². The Morgan fingerprint density at radius 3 is 0.968 bits per heavy atom. The van der Waals surface area contributed by atoms with E-state index < -0.39 is 42.0 Å². The number of hydrogen-bond acceptors (Lipinski definition) is 6. The van der Waals surface area contributed by atoms with E-state index in [-0.39, 0.29) is 19.3 Å². The van der Waals surface area contributed by atoms with Crippen molar-refractivity contribution in [1.82, 2.24) is 0 Å². The van der Waals surface area contributed by atoms with Crippen molar-refractivity contribution in [3.8, 4) is 0 Å². The molecule has 0 heterocycles. The predicted octanol–water partition coefficient (Wildman–Crippen LogP) is 6.68. The molecule has 0 saturated carbocycles. The van der Waals surface area contributed by atoms with Gasteiger partial charge in [-0.15, -0.1) is 0 Å². The molecular weight excluding hydrogens is 591 g/mol. The van der Waals surface area contributed by atoms with Gasteiger partial charge in [0, 0.05) is 0 Å². The molecule has 0 fully saturated rings. The minimum absolute atomic E-state index is 0.279. The van der Waals surface area contributed by atoms with E-state index in [9.17, 15) is 14.4 Å². The Morgan fingerprint density at radius 1 is 0.452 bits per heavy atom. The van der Waals surface area contributed by atoms with Gasteiger partial charge in [-0.1, -0.05) is 0 Å². The van der Waals surface area contributed by atoms with Crippen molar-refractivity contribution in [3.63, 3.8) is 0 Å². The molecule has 0 aliphatic carbocycles. The van der Waals surface area contributed by atoms with Crippen molar-refractivity contribution in [2.45, 2.75) is 136 Å². The van der Waals surface area contributed by atoms with Crippen molar-refractivity contribution in [2.24, 2.45) is 0 Å². The van der Waals surface area contributed by atoms with Crippen LogP contribution in [0.5, 0.6) is 0 Å². The molecule has 6 nitrogen and oxygen atoms in total. The molecule has 0 rings (SSSR count). The number of carbonyl (C=O) groups is 3. The molecule has 181 valence electrons. The van der Waals surface area contributed by atoms with Crippen molar-refractivity contribution in [1.29, 1.82) is 0 Å². The molecule has 0 atom stereocenters. The summed E-state index contributed by atoms with van der Waals surface area (Å²) in [7, 11) is 0. The molecule has 0 amide bonds. The Hall–Kier alpha value is -0.668. The molecule has 0 aromatic heterocycles. The van der Waals surface area contributed by atoms with Gasteiger partial charge >= 0.3 is 201 Å². The summed E-state index contributed by atoms with van der Waals surface area (Å²) in [6.45, 7) is 6.43.